The van der Waals surface area contributed by atoms with Crippen LogP contribution in [0.3, 0.4) is 0 Å². The number of benzene rings is 1. The minimum atomic E-state index is -3.63. The van der Waals surface area contributed by atoms with Gasteiger partial charge in [-0.3, -0.25) is 0 Å². The zero-order valence-corrected chi connectivity index (χ0v) is 14.9. The molecule has 1 aliphatic rings. The van der Waals surface area contributed by atoms with Crippen molar-refractivity contribution in [2.45, 2.75) is 43.2 Å². The highest BCUT2D eigenvalue weighted by molar-refractivity contribution is 7.89. The van der Waals surface area contributed by atoms with Crippen molar-refractivity contribution in [1.29, 1.82) is 0 Å². The quantitative estimate of drug-likeness (QED) is 0.658. The lowest BCUT2D eigenvalue weighted by atomic mass is 10.2. The average molecular weight is 373 g/mol. The molecule has 2 heterocycles. The van der Waals surface area contributed by atoms with Crippen molar-refractivity contribution in [2.24, 2.45) is 0 Å². The van der Waals surface area contributed by atoms with E-state index in [1.165, 1.54) is 11.0 Å². The van der Waals surface area contributed by atoms with E-state index in [0.29, 0.717) is 11.4 Å². The van der Waals surface area contributed by atoms with Gasteiger partial charge in [-0.25, -0.2) is 13.1 Å². The predicted octanol–water partition coefficient (Wildman–Crippen LogP) is 2.39. The second-order valence-corrected chi connectivity index (χ2v) is 8.21. The summed E-state index contributed by atoms with van der Waals surface area (Å²) in [7, 11) is -3.63. The maximum absolute atomic E-state index is 13.3. The second-order valence-electron chi connectivity index (χ2n) is 6.32. The van der Waals surface area contributed by atoms with E-state index in [1.54, 1.807) is 47.0 Å². The van der Waals surface area contributed by atoms with E-state index >= 15 is 0 Å². The molecule has 2 aromatic heterocycles. The molecule has 0 unspecified atom stereocenters. The number of rotatable bonds is 6. The molecular formula is C17H19N5O3S. The Labute approximate surface area is 151 Å². The van der Waals surface area contributed by atoms with Crippen LogP contribution in [0.4, 0.5) is 0 Å². The summed E-state index contributed by atoms with van der Waals surface area (Å²) in [6.45, 7) is 0.245. The molecule has 8 nitrogen and oxygen atoms in total. The van der Waals surface area contributed by atoms with Gasteiger partial charge in [0, 0.05) is 6.04 Å². The van der Waals surface area contributed by atoms with Crippen LogP contribution in [0.2, 0.25) is 0 Å². The van der Waals surface area contributed by atoms with E-state index in [-0.39, 0.29) is 17.5 Å². The second kappa shape index (κ2) is 7.00. The Kier molecular flexibility index (Phi) is 4.56. The van der Waals surface area contributed by atoms with E-state index < -0.39 is 10.0 Å². The van der Waals surface area contributed by atoms with E-state index in [2.05, 4.69) is 15.5 Å². The van der Waals surface area contributed by atoms with Crippen molar-refractivity contribution >= 4 is 10.0 Å². The summed E-state index contributed by atoms with van der Waals surface area (Å²) in [5.41, 5.74) is 0.701. The number of hydrogen-bond acceptors (Lipinski definition) is 6. The zero-order valence-electron chi connectivity index (χ0n) is 14.1. The van der Waals surface area contributed by atoms with E-state index in [4.69, 9.17) is 4.42 Å². The van der Waals surface area contributed by atoms with E-state index in [1.807, 2.05) is 0 Å². The molecule has 1 fully saturated rings. The number of nitrogens with zero attached hydrogens (tertiary/aromatic N) is 5. The van der Waals surface area contributed by atoms with Crippen molar-refractivity contribution < 1.29 is 12.8 Å². The van der Waals surface area contributed by atoms with Crippen molar-refractivity contribution in [3.63, 3.8) is 0 Å². The fourth-order valence-corrected chi connectivity index (χ4v) is 5.00. The van der Waals surface area contributed by atoms with Crippen LogP contribution >= 0.6 is 0 Å². The third kappa shape index (κ3) is 3.27. The summed E-state index contributed by atoms with van der Waals surface area (Å²) in [5.74, 6) is 0.644. The average Bonchev–Trinajstić information content (AvgIpc) is 3.43. The minimum absolute atomic E-state index is 0.00397. The fourth-order valence-electron chi connectivity index (χ4n) is 3.34. The molecule has 1 aliphatic carbocycles. The maximum Gasteiger partial charge on any atom is 0.243 e. The van der Waals surface area contributed by atoms with Crippen LogP contribution in [-0.2, 0) is 16.6 Å². The largest absolute Gasteiger partial charge is 0.468 e. The lowest BCUT2D eigenvalue weighted by molar-refractivity contribution is 0.292. The molecule has 9 heteroatoms. The molecule has 0 amide bonds. The van der Waals surface area contributed by atoms with Crippen molar-refractivity contribution in [2.75, 3.05) is 0 Å². The number of aromatic nitrogens is 4. The molecule has 1 saturated carbocycles. The fraction of sp³-hybridized carbons (Fsp3) is 0.353. The van der Waals surface area contributed by atoms with Gasteiger partial charge in [-0.15, -0.1) is 5.10 Å². The SMILES string of the molecule is O=S(=O)(c1ccc(-n2cnnn2)cc1)N(Cc1ccco1)C1CCCC1. The molecule has 0 radical (unpaired) electrons. The first-order chi connectivity index (χ1) is 12.6. The first-order valence-electron chi connectivity index (χ1n) is 8.52. The number of hydrogen-bond donors (Lipinski definition) is 0. The molecule has 3 aromatic rings. The molecular weight excluding hydrogens is 354 g/mol. The number of tetrazole rings is 1. The molecule has 0 atom stereocenters. The first kappa shape index (κ1) is 16.9. The highest BCUT2D eigenvalue weighted by Crippen LogP contribution is 2.30. The Balaban J connectivity index is 1.65. The van der Waals surface area contributed by atoms with Crippen LogP contribution in [0.15, 0.2) is 58.3 Å². The lowest BCUT2D eigenvalue weighted by Gasteiger charge is -2.27. The summed E-state index contributed by atoms with van der Waals surface area (Å²) < 4.78 is 35.0. The third-order valence-electron chi connectivity index (χ3n) is 4.68. The predicted molar refractivity (Wildman–Crippen MR) is 92.8 cm³/mol. The van der Waals surface area contributed by atoms with Crippen LogP contribution in [0.1, 0.15) is 31.4 Å². The molecule has 0 saturated heterocycles. The molecule has 0 N–H and O–H groups in total. The monoisotopic (exact) mass is 373 g/mol. The maximum atomic E-state index is 13.3. The van der Waals surface area contributed by atoms with Crippen molar-refractivity contribution in [3.05, 3.63) is 54.7 Å². The summed E-state index contributed by atoms with van der Waals surface area (Å²) in [6, 6.07) is 10.2. The van der Waals surface area contributed by atoms with Gasteiger partial charge < -0.3 is 4.42 Å². The van der Waals surface area contributed by atoms with Gasteiger partial charge >= 0.3 is 0 Å². The third-order valence-corrected chi connectivity index (χ3v) is 6.59. The smallest absolute Gasteiger partial charge is 0.243 e. The Morgan fingerprint density at radius 2 is 1.92 bits per heavy atom. The Hall–Kier alpha value is -2.52. The van der Waals surface area contributed by atoms with E-state index in [9.17, 15) is 8.42 Å². The van der Waals surface area contributed by atoms with Gasteiger partial charge in [-0.2, -0.15) is 4.31 Å². The number of furan rings is 1. The summed E-state index contributed by atoms with van der Waals surface area (Å²) in [6.07, 6.45) is 6.88. The van der Waals surface area contributed by atoms with Gasteiger partial charge in [0.1, 0.15) is 12.1 Å². The molecule has 0 aliphatic heterocycles. The first-order valence-corrected chi connectivity index (χ1v) is 9.96. The Morgan fingerprint density at radius 3 is 2.54 bits per heavy atom. The van der Waals surface area contributed by atoms with Gasteiger partial charge in [0.15, 0.2) is 0 Å². The van der Waals surface area contributed by atoms with Crippen LogP contribution in [-0.4, -0.2) is 39.0 Å². The Bertz CT molecular complexity index is 931. The van der Waals surface area contributed by atoms with Crippen LogP contribution in [0, 0.1) is 0 Å². The van der Waals surface area contributed by atoms with Crippen LogP contribution in [0.5, 0.6) is 0 Å². The minimum Gasteiger partial charge on any atom is -0.468 e. The summed E-state index contributed by atoms with van der Waals surface area (Å²) >= 11 is 0. The lowest BCUT2D eigenvalue weighted by Crippen LogP contribution is -2.38. The topological polar surface area (TPSA) is 94.1 Å². The van der Waals surface area contributed by atoms with Crippen LogP contribution in [0.25, 0.3) is 5.69 Å². The molecule has 1 aromatic carbocycles. The molecule has 26 heavy (non-hydrogen) atoms. The standard InChI is InChI=1S/C17H19N5O3S/c23-26(24,17-9-7-14(8-10-17)21-13-18-19-20-21)22(15-4-1-2-5-15)12-16-6-3-11-25-16/h3,6-11,13,15H,1-2,4-5,12H2. The molecule has 136 valence electrons. The van der Waals surface area contributed by atoms with Gasteiger partial charge in [-0.1, -0.05) is 12.8 Å². The zero-order chi connectivity index (χ0) is 18.0. The van der Waals surface area contributed by atoms with Crippen molar-refractivity contribution in [3.8, 4) is 5.69 Å². The van der Waals surface area contributed by atoms with Crippen molar-refractivity contribution in [1.82, 2.24) is 24.5 Å². The van der Waals surface area contributed by atoms with Gasteiger partial charge in [-0.05, 0) is 59.7 Å². The summed E-state index contributed by atoms with van der Waals surface area (Å²) in [4.78, 5) is 0.257. The summed E-state index contributed by atoms with van der Waals surface area (Å²) in [5, 5.41) is 11.0. The van der Waals surface area contributed by atoms with E-state index in [0.717, 1.165) is 25.7 Å². The highest BCUT2D eigenvalue weighted by atomic mass is 32.2. The highest BCUT2D eigenvalue weighted by Gasteiger charge is 2.34. The number of sulfonamides is 1. The van der Waals surface area contributed by atoms with Crippen LogP contribution < -0.4 is 0 Å². The van der Waals surface area contributed by atoms with Gasteiger partial charge in [0.2, 0.25) is 10.0 Å². The normalized spacial score (nSPS) is 15.7. The van der Waals surface area contributed by atoms with Gasteiger partial charge in [0.05, 0.1) is 23.4 Å². The molecule has 0 bridgehead atoms. The van der Waals surface area contributed by atoms with Gasteiger partial charge in [0.25, 0.3) is 0 Å². The molecule has 4 rings (SSSR count). The Morgan fingerprint density at radius 1 is 1.15 bits per heavy atom. The molecule has 0 spiro atoms.